The molecule has 4 aromatic rings. The number of hydrogen-bond acceptors (Lipinski definition) is 24. The molecule has 0 radical (unpaired) electrons. The van der Waals surface area contributed by atoms with Gasteiger partial charge in [-0.25, -0.2) is 32.9 Å². The molecule has 3 unspecified atom stereocenters. The van der Waals surface area contributed by atoms with Crippen molar-refractivity contribution in [2.24, 2.45) is 0 Å². The van der Waals surface area contributed by atoms with Gasteiger partial charge in [-0.15, -0.1) is 0 Å². The van der Waals surface area contributed by atoms with Gasteiger partial charge in [0.15, 0.2) is 6.23 Å². The minimum atomic E-state index is -5.47. The molecule has 4 aromatic heterocycles. The second-order valence-electron chi connectivity index (χ2n) is 18.0. The number of ether oxygens (including phenoxy) is 4. The van der Waals surface area contributed by atoms with Crippen LogP contribution >= 0.6 is 23.5 Å². The summed E-state index contributed by atoms with van der Waals surface area (Å²) in [5.74, 6) is 0. The Labute approximate surface area is 427 Å². The molecule has 0 aromatic carbocycles. The van der Waals surface area contributed by atoms with Gasteiger partial charge in [-0.1, -0.05) is 0 Å². The van der Waals surface area contributed by atoms with E-state index < -0.39 is 188 Å². The Hall–Kier alpha value is -5.23. The fourth-order valence-corrected chi connectivity index (χ4v) is 11.5. The number of hydrogen-bond donors (Lipinski definition) is 10. The molecule has 0 amide bonds. The summed E-state index contributed by atoms with van der Waals surface area (Å²) in [5, 5.41) is 31.6. The molecule has 10 N–H and O–H groups in total. The highest BCUT2D eigenvalue weighted by Crippen LogP contribution is 2.53. The van der Waals surface area contributed by atoms with Crippen molar-refractivity contribution in [2.45, 2.75) is 120 Å². The number of aliphatic hydroxyl groups excluding tert-OH is 3. The van der Waals surface area contributed by atoms with Gasteiger partial charge in [0.05, 0.1) is 32.5 Å². The summed E-state index contributed by atoms with van der Waals surface area (Å²) in [7, 11) is -16.2. The number of H-pyrrole nitrogens is 4. The molecule has 424 valence electrons. The van der Waals surface area contributed by atoms with Crippen molar-refractivity contribution in [1.82, 2.24) is 38.2 Å². The number of aliphatic hydroxyl groups is 3. The summed E-state index contributed by atoms with van der Waals surface area (Å²) in [5.41, 5.74) is -6.76. The van der Waals surface area contributed by atoms with E-state index in [4.69, 9.17) is 46.1 Å². The molecule has 4 aliphatic heterocycles. The van der Waals surface area contributed by atoms with Gasteiger partial charge in [0.2, 0.25) is 0 Å². The van der Waals surface area contributed by atoms with Crippen LogP contribution in [0.15, 0.2) is 69.2 Å². The first-order chi connectivity index (χ1) is 36.1. The lowest BCUT2D eigenvalue weighted by Gasteiger charge is -2.25. The van der Waals surface area contributed by atoms with Crippen LogP contribution in [0.2, 0.25) is 0 Å². The summed E-state index contributed by atoms with van der Waals surface area (Å²) in [6.07, 6.45) is -17.5. The van der Waals surface area contributed by atoms with E-state index in [9.17, 15) is 82.1 Å². The summed E-state index contributed by atoms with van der Waals surface area (Å²) >= 11 is 0. The van der Waals surface area contributed by atoms with E-state index >= 15 is 0 Å². The monoisotopic (exact) mass is 1160 g/mol. The van der Waals surface area contributed by atoms with Crippen molar-refractivity contribution in [3.8, 4) is 0 Å². The van der Waals surface area contributed by atoms with E-state index in [1.165, 1.54) is 27.0 Å². The van der Waals surface area contributed by atoms with Crippen molar-refractivity contribution in [3.63, 3.8) is 0 Å². The summed E-state index contributed by atoms with van der Waals surface area (Å²) in [6.45, 7) is 0.222. The smallest absolute Gasteiger partial charge is 0.394 e. The van der Waals surface area contributed by atoms with Crippen LogP contribution in [-0.4, -0.2) is 150 Å². The van der Waals surface area contributed by atoms with Crippen LogP contribution in [-0.2, 0) is 59.8 Å². The number of aromatic amines is 4. The zero-order valence-electron chi connectivity index (χ0n) is 40.2. The van der Waals surface area contributed by atoms with E-state index in [0.29, 0.717) is 4.57 Å². The van der Waals surface area contributed by atoms with Crippen molar-refractivity contribution in [3.05, 3.63) is 131 Å². The molecule has 0 saturated carbocycles. The maximum Gasteiger partial charge on any atom is 0.472 e. The van der Waals surface area contributed by atoms with Crippen LogP contribution in [0.3, 0.4) is 0 Å². The van der Waals surface area contributed by atoms with E-state index in [1.54, 1.807) is 0 Å². The molecular weight excluding hydrogens is 1110 g/mol. The third-order valence-electron chi connectivity index (χ3n) is 12.5. The number of nitrogens with zero attached hydrogens (tertiary/aromatic N) is 4. The third-order valence-corrected chi connectivity index (χ3v) is 15.6. The average molecular weight is 1160 g/mol. The lowest BCUT2D eigenvalue weighted by molar-refractivity contribution is -0.0640. The lowest BCUT2D eigenvalue weighted by atomic mass is 10.1. The molecule has 8 heterocycles. The molecule has 16 atom stereocenters. The van der Waals surface area contributed by atoms with Crippen LogP contribution in [0.1, 0.15) is 60.9 Å². The first-order valence-electron chi connectivity index (χ1n) is 22.9. The molecule has 0 aliphatic carbocycles. The highest BCUT2D eigenvalue weighted by atomic mass is 31.2. The van der Waals surface area contributed by atoms with Gasteiger partial charge in [-0.2, -0.15) is 0 Å². The maximum atomic E-state index is 13.8. The molecule has 35 nitrogen and oxygen atoms in total. The summed E-state index contributed by atoms with van der Waals surface area (Å²) < 4.78 is 98.7. The zero-order valence-corrected chi connectivity index (χ0v) is 42.9. The molecule has 38 heteroatoms. The third kappa shape index (κ3) is 13.3. The Morgan fingerprint density at radius 3 is 1.36 bits per heavy atom. The van der Waals surface area contributed by atoms with E-state index in [0.717, 1.165) is 38.4 Å². The lowest BCUT2D eigenvalue weighted by Crippen LogP contribution is -2.38. The first kappa shape index (κ1) is 57.9. The summed E-state index contributed by atoms with van der Waals surface area (Å²) in [4.78, 5) is 140. The van der Waals surface area contributed by atoms with E-state index in [1.807, 2.05) is 9.97 Å². The Morgan fingerprint density at radius 2 is 0.935 bits per heavy atom. The Bertz CT molecular complexity index is 3500. The van der Waals surface area contributed by atoms with Gasteiger partial charge in [0.25, 0.3) is 22.2 Å². The Balaban J connectivity index is 0.969. The predicted octanol–water partition coefficient (Wildman–Crippen LogP) is -3.91. The van der Waals surface area contributed by atoms with Crippen molar-refractivity contribution in [2.75, 3.05) is 26.4 Å². The Morgan fingerprint density at radius 1 is 0.545 bits per heavy atom. The van der Waals surface area contributed by atoms with Crippen LogP contribution in [0.5, 0.6) is 0 Å². The maximum absolute atomic E-state index is 13.8. The first-order valence-corrected chi connectivity index (χ1v) is 27.4. The van der Waals surface area contributed by atoms with Crippen LogP contribution < -0.4 is 45.0 Å². The minimum absolute atomic E-state index is 0.00514. The molecule has 4 aliphatic rings. The normalized spacial score (nSPS) is 30.8. The molecule has 77 heavy (non-hydrogen) atoms. The standard InChI is InChI=1S/C39H51N8O27P3/c1-16-9-45(37(56)41-32(16)52)27-6-19(49)23(68-27)13-65-75(59,60)72-20-7-28(46-10-17(2)33(53)42-38(46)57)69-24(20)14-66-76(61,62)73-21-8-29(47-11-18(3)34(54)43-39(47)58)70-25(21)15-67-77(63,64)74-31-22(12-48)71-35(30(31)51)44-5-4-26(50)40-36(44)55/h4-5,9-11,19-25,27-31,35,48-49,51H,6-8,12-15H2,1-3H3,(H,59,60)(H,61,62)(H,63,64)(H,40,50,55)(H,41,52,56)(H,42,53,57)(H,43,54,58)/t19-,20-,21-,22+,23+,24+,25+,27+,28+,29+,30+,31+,35+/m0/s1. The molecule has 8 rings (SSSR count). The highest BCUT2D eigenvalue weighted by Gasteiger charge is 2.51. The van der Waals surface area contributed by atoms with Gasteiger partial charge in [-0.3, -0.25) is 84.5 Å². The quantitative estimate of drug-likeness (QED) is 0.0378. The minimum Gasteiger partial charge on any atom is -0.394 e. The van der Waals surface area contributed by atoms with Gasteiger partial charge in [0.1, 0.15) is 67.5 Å². The van der Waals surface area contributed by atoms with Gasteiger partial charge in [0, 0.05) is 66.8 Å². The van der Waals surface area contributed by atoms with Gasteiger partial charge >= 0.3 is 46.2 Å². The van der Waals surface area contributed by atoms with Gasteiger partial charge < -0.3 is 48.9 Å². The molecule has 0 spiro atoms. The highest BCUT2D eigenvalue weighted by molar-refractivity contribution is 7.48. The predicted molar refractivity (Wildman–Crippen MR) is 250 cm³/mol. The molecule has 4 saturated heterocycles. The average Bonchev–Trinajstić information content (AvgIpc) is 4.12. The molecule has 4 fully saturated rings. The van der Waals surface area contributed by atoms with Crippen molar-refractivity contribution < 1.29 is 89.8 Å². The fraction of sp³-hybridized carbons (Fsp3) is 0.590. The van der Waals surface area contributed by atoms with E-state index in [2.05, 4.69) is 9.97 Å². The zero-order chi connectivity index (χ0) is 56.1. The van der Waals surface area contributed by atoms with Crippen LogP contribution in [0.4, 0.5) is 0 Å². The fourth-order valence-electron chi connectivity index (χ4n) is 8.64. The van der Waals surface area contributed by atoms with Crippen LogP contribution in [0.25, 0.3) is 0 Å². The number of aryl methyl sites for hydroxylation is 3. The van der Waals surface area contributed by atoms with Crippen molar-refractivity contribution in [1.29, 1.82) is 0 Å². The molecular formula is C39H51N8O27P3. The number of aromatic nitrogens is 8. The number of phosphoric acid groups is 3. The SMILES string of the molecule is Cc1cn([C@H]2C[C@H](OP(=O)(O)OC[C@H]3O[C@@H](n4cc(C)c(=O)[nH]c4=O)C[C@@H]3OP(=O)(O)OC[C@H]3O[C@@H](n4cc(C)c(=O)[nH]c4=O)C[C@@H]3O)[C@@H](COP(=O)(O)O[C@H]3[C@@H](O)[C@H](n4ccc(=O)[nH]c4=O)O[C@@H]3CO)O2)c(=O)[nH]c1=O. The summed E-state index contributed by atoms with van der Waals surface area (Å²) in [6, 6.07) is 0.910. The number of nitrogens with one attached hydrogen (secondary N) is 4. The van der Waals surface area contributed by atoms with Gasteiger partial charge in [-0.05, 0) is 20.8 Å². The second-order valence-corrected chi connectivity index (χ2v) is 22.2. The second kappa shape index (κ2) is 22.9. The largest absolute Gasteiger partial charge is 0.472 e. The topological polar surface area (TPSA) is 484 Å². The van der Waals surface area contributed by atoms with E-state index in [-0.39, 0.29) is 23.1 Å². The Kier molecular flexibility index (Phi) is 17.2. The number of phosphoric ester groups is 3. The van der Waals surface area contributed by atoms with Crippen LogP contribution in [0, 0.1) is 20.8 Å². The van der Waals surface area contributed by atoms with Crippen molar-refractivity contribution >= 4 is 23.5 Å². The molecule has 0 bridgehead atoms. The number of rotatable bonds is 20.